The highest BCUT2D eigenvalue weighted by Gasteiger charge is 2.33. The van der Waals surface area contributed by atoms with Crippen molar-refractivity contribution in [2.45, 2.75) is 50.8 Å². The van der Waals surface area contributed by atoms with Crippen LogP contribution in [0.3, 0.4) is 0 Å². The Morgan fingerprint density at radius 3 is 2.95 bits per heavy atom. The van der Waals surface area contributed by atoms with Crippen molar-refractivity contribution < 1.29 is 9.53 Å². The zero-order valence-electron chi connectivity index (χ0n) is 13.2. The van der Waals surface area contributed by atoms with E-state index in [0.29, 0.717) is 6.61 Å². The van der Waals surface area contributed by atoms with Crippen molar-refractivity contribution in [1.29, 1.82) is 0 Å². The SMILES string of the molecule is Cc1c([C@H]2OCC[C@@H]2NC(=O)N[C@H]2C=CCCC2)cnn1C. The number of hydrogen-bond donors (Lipinski definition) is 2. The number of aryl methyl sites for hydroxylation is 1. The Morgan fingerprint density at radius 2 is 2.27 bits per heavy atom. The van der Waals surface area contributed by atoms with Gasteiger partial charge in [-0.25, -0.2) is 4.79 Å². The number of ether oxygens (including phenoxy) is 1. The van der Waals surface area contributed by atoms with Gasteiger partial charge < -0.3 is 15.4 Å². The first-order chi connectivity index (χ1) is 10.6. The van der Waals surface area contributed by atoms with Crippen molar-refractivity contribution in [2.24, 2.45) is 7.05 Å². The number of aromatic nitrogens is 2. The molecule has 3 rings (SSSR count). The molecule has 2 heterocycles. The van der Waals surface area contributed by atoms with E-state index in [2.05, 4.69) is 27.9 Å². The van der Waals surface area contributed by atoms with Crippen LogP contribution in [0, 0.1) is 6.92 Å². The van der Waals surface area contributed by atoms with E-state index in [-0.39, 0.29) is 24.2 Å². The second-order valence-corrected chi connectivity index (χ2v) is 6.08. The van der Waals surface area contributed by atoms with Crippen LogP contribution < -0.4 is 10.6 Å². The monoisotopic (exact) mass is 304 g/mol. The van der Waals surface area contributed by atoms with Gasteiger partial charge >= 0.3 is 6.03 Å². The van der Waals surface area contributed by atoms with Crippen LogP contribution in [-0.2, 0) is 11.8 Å². The maximum absolute atomic E-state index is 12.2. The largest absolute Gasteiger partial charge is 0.371 e. The van der Waals surface area contributed by atoms with Gasteiger partial charge in [0.15, 0.2) is 0 Å². The molecule has 2 aliphatic rings. The Labute approximate surface area is 130 Å². The molecule has 6 heteroatoms. The number of amides is 2. The molecule has 1 aromatic heterocycles. The topological polar surface area (TPSA) is 68.2 Å². The third-order valence-electron chi connectivity index (χ3n) is 4.56. The van der Waals surface area contributed by atoms with E-state index in [1.807, 2.05) is 24.9 Å². The van der Waals surface area contributed by atoms with Crippen molar-refractivity contribution in [3.8, 4) is 0 Å². The molecule has 1 aliphatic carbocycles. The lowest BCUT2D eigenvalue weighted by molar-refractivity contribution is 0.0992. The fraction of sp³-hybridized carbons (Fsp3) is 0.625. The molecule has 2 amide bonds. The van der Waals surface area contributed by atoms with Gasteiger partial charge in [-0.3, -0.25) is 4.68 Å². The molecule has 1 fully saturated rings. The molecule has 0 radical (unpaired) electrons. The molecule has 6 nitrogen and oxygen atoms in total. The lowest BCUT2D eigenvalue weighted by Gasteiger charge is -2.23. The number of rotatable bonds is 3. The minimum Gasteiger partial charge on any atom is -0.371 e. The molecule has 120 valence electrons. The van der Waals surface area contributed by atoms with Crippen LogP contribution in [0.4, 0.5) is 4.79 Å². The van der Waals surface area contributed by atoms with E-state index in [0.717, 1.165) is 36.9 Å². The quantitative estimate of drug-likeness (QED) is 0.839. The highest BCUT2D eigenvalue weighted by atomic mass is 16.5. The van der Waals surface area contributed by atoms with Gasteiger partial charge in [-0.1, -0.05) is 12.2 Å². The van der Waals surface area contributed by atoms with Gasteiger partial charge in [-0.05, 0) is 32.6 Å². The number of hydrogen-bond acceptors (Lipinski definition) is 3. The summed E-state index contributed by atoms with van der Waals surface area (Å²) in [4.78, 5) is 12.2. The predicted molar refractivity (Wildman–Crippen MR) is 83.5 cm³/mol. The molecule has 1 saturated heterocycles. The summed E-state index contributed by atoms with van der Waals surface area (Å²) in [6, 6.07) is 0.0312. The Kier molecular flexibility index (Phi) is 4.47. The molecule has 0 unspecified atom stereocenters. The fourth-order valence-electron chi connectivity index (χ4n) is 3.15. The van der Waals surface area contributed by atoms with Gasteiger partial charge in [0.25, 0.3) is 0 Å². The van der Waals surface area contributed by atoms with Crippen molar-refractivity contribution in [1.82, 2.24) is 20.4 Å². The molecule has 1 aromatic rings. The number of allylic oxidation sites excluding steroid dienone is 1. The van der Waals surface area contributed by atoms with Gasteiger partial charge in [0.1, 0.15) is 6.10 Å². The molecular formula is C16H24N4O2. The summed E-state index contributed by atoms with van der Waals surface area (Å²) in [5.41, 5.74) is 2.14. The zero-order valence-corrected chi connectivity index (χ0v) is 13.2. The predicted octanol–water partition coefficient (Wildman–Crippen LogP) is 1.97. The van der Waals surface area contributed by atoms with Crippen LogP contribution in [0.5, 0.6) is 0 Å². The molecule has 0 saturated carbocycles. The number of carbonyl (C=O) groups is 1. The molecule has 1 aliphatic heterocycles. The maximum Gasteiger partial charge on any atom is 0.315 e. The van der Waals surface area contributed by atoms with Crippen LogP contribution in [-0.4, -0.2) is 34.5 Å². The second kappa shape index (κ2) is 6.52. The van der Waals surface area contributed by atoms with Crippen molar-refractivity contribution in [3.05, 3.63) is 29.6 Å². The number of carbonyl (C=O) groups excluding carboxylic acids is 1. The summed E-state index contributed by atoms with van der Waals surface area (Å²) in [7, 11) is 1.92. The second-order valence-electron chi connectivity index (χ2n) is 6.08. The average Bonchev–Trinajstić information content (AvgIpc) is 3.08. The van der Waals surface area contributed by atoms with E-state index < -0.39 is 0 Å². The Balaban J connectivity index is 1.61. The van der Waals surface area contributed by atoms with Crippen LogP contribution >= 0.6 is 0 Å². The van der Waals surface area contributed by atoms with E-state index in [4.69, 9.17) is 4.74 Å². The maximum atomic E-state index is 12.2. The van der Waals surface area contributed by atoms with Crippen molar-refractivity contribution in [3.63, 3.8) is 0 Å². The lowest BCUT2D eigenvalue weighted by atomic mass is 10.0. The van der Waals surface area contributed by atoms with Crippen molar-refractivity contribution in [2.75, 3.05) is 6.61 Å². The van der Waals surface area contributed by atoms with Gasteiger partial charge in [0.05, 0.1) is 12.2 Å². The average molecular weight is 304 g/mol. The lowest BCUT2D eigenvalue weighted by Crippen LogP contribution is -2.46. The zero-order chi connectivity index (χ0) is 15.5. The molecule has 3 atom stereocenters. The third-order valence-corrected chi connectivity index (χ3v) is 4.56. The molecule has 0 spiro atoms. The van der Waals surface area contributed by atoms with Gasteiger partial charge in [-0.15, -0.1) is 0 Å². The Morgan fingerprint density at radius 1 is 1.41 bits per heavy atom. The molecule has 22 heavy (non-hydrogen) atoms. The molecular weight excluding hydrogens is 280 g/mol. The van der Waals surface area contributed by atoms with Crippen LogP contribution in [0.25, 0.3) is 0 Å². The van der Waals surface area contributed by atoms with Crippen LogP contribution in [0.15, 0.2) is 18.3 Å². The van der Waals surface area contributed by atoms with Crippen LogP contribution in [0.1, 0.15) is 43.0 Å². The molecule has 2 N–H and O–H groups in total. The summed E-state index contributed by atoms with van der Waals surface area (Å²) in [5.74, 6) is 0. The summed E-state index contributed by atoms with van der Waals surface area (Å²) >= 11 is 0. The fourth-order valence-corrected chi connectivity index (χ4v) is 3.15. The minimum atomic E-state index is -0.112. The van der Waals surface area contributed by atoms with E-state index in [1.54, 1.807) is 0 Å². The van der Waals surface area contributed by atoms with Crippen LogP contribution in [0.2, 0.25) is 0 Å². The molecule has 0 bridgehead atoms. The first-order valence-electron chi connectivity index (χ1n) is 7.99. The smallest absolute Gasteiger partial charge is 0.315 e. The summed E-state index contributed by atoms with van der Waals surface area (Å²) in [5, 5.41) is 10.4. The first-order valence-corrected chi connectivity index (χ1v) is 7.99. The summed E-state index contributed by atoms with van der Waals surface area (Å²) in [6.45, 7) is 2.68. The molecule has 0 aromatic carbocycles. The van der Waals surface area contributed by atoms with E-state index in [1.165, 1.54) is 0 Å². The first kappa shape index (κ1) is 15.1. The Hall–Kier alpha value is -1.82. The highest BCUT2D eigenvalue weighted by molar-refractivity contribution is 5.75. The third kappa shape index (κ3) is 3.16. The summed E-state index contributed by atoms with van der Waals surface area (Å²) < 4.78 is 7.66. The number of nitrogens with one attached hydrogen (secondary N) is 2. The standard InChI is InChI=1S/C16H24N4O2/c1-11-13(10-17-20(11)2)15-14(8-9-22-15)19-16(21)18-12-6-4-3-5-7-12/h4,6,10,12,14-15H,3,5,7-9H2,1-2H3,(H2,18,19,21)/t12-,14-,15+/m0/s1. The number of urea groups is 1. The number of nitrogens with zero attached hydrogens (tertiary/aromatic N) is 2. The normalized spacial score (nSPS) is 27.8. The van der Waals surface area contributed by atoms with E-state index >= 15 is 0 Å². The Bertz CT molecular complexity index is 566. The van der Waals surface area contributed by atoms with Gasteiger partial charge in [0.2, 0.25) is 0 Å². The van der Waals surface area contributed by atoms with Crippen molar-refractivity contribution >= 4 is 6.03 Å². The highest BCUT2D eigenvalue weighted by Crippen LogP contribution is 2.30. The van der Waals surface area contributed by atoms with Gasteiger partial charge in [0, 0.05) is 31.0 Å². The minimum absolute atomic E-state index is 0.00419. The summed E-state index contributed by atoms with van der Waals surface area (Å²) in [6.07, 6.45) is 10.0. The van der Waals surface area contributed by atoms with E-state index in [9.17, 15) is 4.79 Å². The van der Waals surface area contributed by atoms with Gasteiger partial charge in [-0.2, -0.15) is 5.10 Å².